The highest BCUT2D eigenvalue weighted by Crippen LogP contribution is 2.65. The zero-order valence-electron chi connectivity index (χ0n) is 25.0. The molecule has 0 aliphatic carbocycles. The number of carbonyl (C=O) groups is 3. The molecule has 3 heterocycles. The molecule has 3 aliphatic heterocycles. The summed E-state index contributed by atoms with van der Waals surface area (Å²) in [5.41, 5.74) is -1.28. The van der Waals surface area contributed by atoms with Crippen LogP contribution in [0.3, 0.4) is 0 Å². The molecule has 1 N–H and O–H groups in total. The van der Waals surface area contributed by atoms with E-state index in [0.717, 1.165) is 22.9 Å². The first-order valence-corrected chi connectivity index (χ1v) is 15.0. The van der Waals surface area contributed by atoms with Crippen molar-refractivity contribution in [1.29, 1.82) is 0 Å². The average Bonchev–Trinajstić information content (AvgIpc) is 3.49. The molecule has 6 atom stereocenters. The molecule has 3 saturated heterocycles. The van der Waals surface area contributed by atoms with Crippen LogP contribution in [0.1, 0.15) is 39.5 Å². The lowest BCUT2D eigenvalue weighted by molar-refractivity contribution is -0.150. The average molecular weight is 574 g/mol. The lowest BCUT2D eigenvalue weighted by atomic mass is 9.62. The zero-order chi connectivity index (χ0) is 30.2. The van der Waals surface area contributed by atoms with E-state index in [1.54, 1.807) is 33.9 Å². The molecule has 8 heteroatoms. The van der Waals surface area contributed by atoms with Gasteiger partial charge in [0.15, 0.2) is 0 Å². The van der Waals surface area contributed by atoms with E-state index in [-0.39, 0.29) is 36.8 Å². The number of benzene rings is 2. The number of unbranched alkanes of at least 4 members (excludes halogenated alkanes) is 2. The summed E-state index contributed by atoms with van der Waals surface area (Å²) < 4.78 is 6.89. The topological polar surface area (TPSA) is 90.4 Å². The number of aliphatic hydroxyl groups excluding tert-OH is 1. The molecule has 0 aromatic heterocycles. The van der Waals surface area contributed by atoms with E-state index in [1.165, 1.54) is 0 Å². The van der Waals surface area contributed by atoms with Crippen LogP contribution < -0.4 is 4.90 Å². The van der Waals surface area contributed by atoms with Gasteiger partial charge in [0.05, 0.1) is 17.4 Å². The second kappa shape index (κ2) is 11.7. The normalized spacial score (nSPS) is 29.5. The summed E-state index contributed by atoms with van der Waals surface area (Å²) in [6.07, 6.45) is 5.85. The SMILES string of the molecule is C=CCN(C)C(=O)[C@H]1[C@H]2C(=O)N(CCCCCO)C(C(=O)N(CC=C)c3ccc4ccccc4c3)C23CC(C)[C@]1(C)O3. The summed E-state index contributed by atoms with van der Waals surface area (Å²) >= 11 is 0. The van der Waals surface area contributed by atoms with Crippen molar-refractivity contribution in [3.63, 3.8) is 0 Å². The molecular formula is C34H43N3O5. The van der Waals surface area contributed by atoms with Gasteiger partial charge in [-0.3, -0.25) is 14.4 Å². The molecule has 0 radical (unpaired) electrons. The predicted octanol–water partition coefficient (Wildman–Crippen LogP) is 4.18. The fourth-order valence-corrected chi connectivity index (χ4v) is 7.67. The Bertz CT molecular complexity index is 1390. The highest BCUT2D eigenvalue weighted by atomic mass is 16.5. The quantitative estimate of drug-likeness (QED) is 0.304. The molecule has 2 aromatic rings. The molecule has 1 spiro atoms. The van der Waals surface area contributed by atoms with E-state index in [1.807, 2.05) is 49.4 Å². The Hall–Kier alpha value is -3.49. The van der Waals surface area contributed by atoms with Gasteiger partial charge < -0.3 is 24.5 Å². The summed E-state index contributed by atoms with van der Waals surface area (Å²) in [4.78, 5) is 48.1. The molecular weight excluding hydrogens is 530 g/mol. The van der Waals surface area contributed by atoms with Crippen molar-refractivity contribution in [2.75, 3.05) is 38.2 Å². The number of ether oxygens (including phenoxy) is 1. The van der Waals surface area contributed by atoms with Crippen LogP contribution >= 0.6 is 0 Å². The van der Waals surface area contributed by atoms with Crippen LogP contribution in [0, 0.1) is 17.8 Å². The van der Waals surface area contributed by atoms with Crippen molar-refractivity contribution < 1.29 is 24.2 Å². The van der Waals surface area contributed by atoms with Gasteiger partial charge in [-0.15, -0.1) is 13.2 Å². The van der Waals surface area contributed by atoms with Crippen molar-refractivity contribution in [2.45, 2.75) is 56.8 Å². The third kappa shape index (κ3) is 4.65. The molecule has 3 unspecified atom stereocenters. The molecule has 2 bridgehead atoms. The Labute approximate surface area is 248 Å². The van der Waals surface area contributed by atoms with E-state index in [0.29, 0.717) is 32.4 Å². The highest BCUT2D eigenvalue weighted by molar-refractivity contribution is 6.06. The van der Waals surface area contributed by atoms with Crippen molar-refractivity contribution in [1.82, 2.24) is 9.80 Å². The molecule has 3 fully saturated rings. The highest BCUT2D eigenvalue weighted by Gasteiger charge is 2.80. The van der Waals surface area contributed by atoms with E-state index in [4.69, 9.17) is 4.74 Å². The monoisotopic (exact) mass is 573 g/mol. The van der Waals surface area contributed by atoms with Crippen molar-refractivity contribution in [2.24, 2.45) is 17.8 Å². The maximum atomic E-state index is 14.8. The number of amides is 3. The zero-order valence-corrected chi connectivity index (χ0v) is 25.0. The van der Waals surface area contributed by atoms with Gasteiger partial charge in [-0.25, -0.2) is 0 Å². The van der Waals surface area contributed by atoms with Gasteiger partial charge in [0, 0.05) is 39.0 Å². The Morgan fingerprint density at radius 1 is 1.07 bits per heavy atom. The standard InChI is InChI=1S/C34H43N3O5/c1-6-17-35(5)30(39)27-28-31(40)37(19-11-8-12-20-38)29(34(28)22-23(3)33(27,4)42-34)32(41)36(18-7-2)26-16-15-24-13-9-10-14-25(24)21-26/h6-7,9-10,13-16,21,23,27-29,38H,1-2,8,11-12,17-20,22H2,3-5H3/t23?,27-,28+,29?,33+,34?/m1/s1. The van der Waals surface area contributed by atoms with Crippen LogP contribution in [0.4, 0.5) is 5.69 Å². The summed E-state index contributed by atoms with van der Waals surface area (Å²) in [5, 5.41) is 11.4. The number of hydrogen-bond acceptors (Lipinski definition) is 5. The molecule has 8 nitrogen and oxygen atoms in total. The second-order valence-corrected chi connectivity index (χ2v) is 12.3. The van der Waals surface area contributed by atoms with Gasteiger partial charge in [0.2, 0.25) is 11.8 Å². The maximum Gasteiger partial charge on any atom is 0.253 e. The van der Waals surface area contributed by atoms with Crippen LogP contribution in [0.5, 0.6) is 0 Å². The molecule has 3 aliphatic rings. The minimum Gasteiger partial charge on any atom is -0.396 e. The maximum absolute atomic E-state index is 14.8. The Morgan fingerprint density at radius 2 is 1.79 bits per heavy atom. The van der Waals surface area contributed by atoms with E-state index in [9.17, 15) is 19.5 Å². The lowest BCUT2D eigenvalue weighted by Crippen LogP contribution is -2.57. The minimum atomic E-state index is -1.12. The third-order valence-corrected chi connectivity index (χ3v) is 9.77. The summed E-state index contributed by atoms with van der Waals surface area (Å²) in [6, 6.07) is 13.0. The first-order valence-electron chi connectivity index (χ1n) is 15.0. The van der Waals surface area contributed by atoms with Crippen molar-refractivity contribution in [3.05, 3.63) is 67.8 Å². The number of carbonyl (C=O) groups excluding carboxylic acids is 3. The van der Waals surface area contributed by atoms with E-state index < -0.39 is 29.1 Å². The number of likely N-dealkylation sites (tertiary alicyclic amines) is 1. The first-order chi connectivity index (χ1) is 20.1. The Kier molecular flexibility index (Phi) is 8.32. The van der Waals surface area contributed by atoms with Gasteiger partial charge in [-0.05, 0) is 61.4 Å². The number of rotatable bonds is 12. The second-order valence-electron chi connectivity index (χ2n) is 12.3. The van der Waals surface area contributed by atoms with E-state index >= 15 is 0 Å². The number of hydrogen-bond donors (Lipinski definition) is 1. The largest absolute Gasteiger partial charge is 0.396 e. The van der Waals surface area contributed by atoms with Gasteiger partial charge >= 0.3 is 0 Å². The fourth-order valence-electron chi connectivity index (χ4n) is 7.67. The molecule has 224 valence electrons. The van der Waals surface area contributed by atoms with Gasteiger partial charge in [0.1, 0.15) is 11.6 Å². The molecule has 3 amide bonds. The van der Waals surface area contributed by atoms with Crippen LogP contribution in [-0.2, 0) is 19.1 Å². The van der Waals surface area contributed by atoms with Gasteiger partial charge in [-0.1, -0.05) is 49.4 Å². The smallest absolute Gasteiger partial charge is 0.253 e. The molecule has 5 rings (SSSR count). The number of nitrogens with zero attached hydrogens (tertiary/aromatic N) is 3. The van der Waals surface area contributed by atoms with Gasteiger partial charge in [0.25, 0.3) is 5.91 Å². The molecule has 2 aromatic carbocycles. The van der Waals surface area contributed by atoms with Crippen molar-refractivity contribution in [3.8, 4) is 0 Å². The number of likely N-dealkylation sites (N-methyl/N-ethyl adjacent to an activating group) is 1. The van der Waals surface area contributed by atoms with Crippen LogP contribution in [0.2, 0.25) is 0 Å². The van der Waals surface area contributed by atoms with Crippen LogP contribution in [-0.4, -0.2) is 83.2 Å². The summed E-state index contributed by atoms with van der Waals surface area (Å²) in [6.45, 7) is 12.7. The molecule has 0 saturated carbocycles. The number of anilines is 1. The first kappa shape index (κ1) is 30.0. The van der Waals surface area contributed by atoms with Crippen molar-refractivity contribution >= 4 is 34.2 Å². The van der Waals surface area contributed by atoms with E-state index in [2.05, 4.69) is 20.1 Å². The molecule has 42 heavy (non-hydrogen) atoms. The Morgan fingerprint density at radius 3 is 2.48 bits per heavy atom. The number of fused-ring (bicyclic) bond motifs is 2. The minimum absolute atomic E-state index is 0.0363. The summed E-state index contributed by atoms with van der Waals surface area (Å²) in [7, 11) is 1.72. The lowest BCUT2D eigenvalue weighted by Gasteiger charge is -2.38. The fraction of sp³-hybridized carbons (Fsp3) is 0.500. The van der Waals surface area contributed by atoms with Gasteiger partial charge in [-0.2, -0.15) is 0 Å². The predicted molar refractivity (Wildman–Crippen MR) is 164 cm³/mol. The Balaban J connectivity index is 1.59. The third-order valence-electron chi connectivity index (χ3n) is 9.77. The summed E-state index contributed by atoms with van der Waals surface area (Å²) in [5.74, 6) is -2.08. The van der Waals surface area contributed by atoms with Crippen LogP contribution in [0.15, 0.2) is 67.8 Å². The van der Waals surface area contributed by atoms with Crippen LogP contribution in [0.25, 0.3) is 10.8 Å². The number of aliphatic hydroxyl groups is 1.